The number of hydrogen-bond donors (Lipinski definition) is 0. The molecular weight excluding hydrogens is 304 g/mol. The van der Waals surface area contributed by atoms with Gasteiger partial charge in [-0.1, -0.05) is 0 Å². The summed E-state index contributed by atoms with van der Waals surface area (Å²) in [5.74, 6) is 2.11. The molecule has 0 saturated heterocycles. The highest BCUT2D eigenvalue weighted by molar-refractivity contribution is 7.12. The Balaban J connectivity index is 2.07. The molecule has 3 aromatic rings. The van der Waals surface area contributed by atoms with Crippen molar-refractivity contribution in [1.29, 1.82) is 0 Å². The summed E-state index contributed by atoms with van der Waals surface area (Å²) < 4.78 is 7.45. The van der Waals surface area contributed by atoms with E-state index in [-0.39, 0.29) is 0 Å². The lowest BCUT2D eigenvalue weighted by Crippen LogP contribution is -2.02. The minimum absolute atomic E-state index is 0.403. The maximum atomic E-state index is 6.07. The van der Waals surface area contributed by atoms with Gasteiger partial charge in [0, 0.05) is 15.8 Å². The summed E-state index contributed by atoms with van der Waals surface area (Å²) in [4.78, 5) is 7.31. The SMILES string of the molecule is COc1ccc2c(c1)nc(CCl)n2Cc1cc(C)c(C)s1. The van der Waals surface area contributed by atoms with Crippen LogP contribution in [0.4, 0.5) is 0 Å². The molecule has 0 aliphatic rings. The van der Waals surface area contributed by atoms with Crippen molar-refractivity contribution in [3.63, 3.8) is 0 Å². The fourth-order valence-electron chi connectivity index (χ4n) is 2.45. The highest BCUT2D eigenvalue weighted by Gasteiger charge is 2.12. The highest BCUT2D eigenvalue weighted by Crippen LogP contribution is 2.26. The normalized spacial score (nSPS) is 11.2. The van der Waals surface area contributed by atoms with Gasteiger partial charge in [0.1, 0.15) is 11.6 Å². The number of halogens is 1. The number of ether oxygens (including phenoxy) is 1. The van der Waals surface area contributed by atoms with Gasteiger partial charge in [0.2, 0.25) is 0 Å². The van der Waals surface area contributed by atoms with Gasteiger partial charge in [-0.3, -0.25) is 0 Å². The number of rotatable bonds is 4. The van der Waals surface area contributed by atoms with Crippen LogP contribution in [0.25, 0.3) is 11.0 Å². The standard InChI is InChI=1S/C16H17ClN2OS/c1-10-6-13(21-11(10)2)9-19-15-5-4-12(20-3)7-14(15)18-16(19)8-17/h4-7H,8-9H2,1-3H3. The number of nitrogens with zero attached hydrogens (tertiary/aromatic N) is 2. The van der Waals surface area contributed by atoms with Gasteiger partial charge in [0.25, 0.3) is 0 Å². The summed E-state index contributed by atoms with van der Waals surface area (Å²) in [6, 6.07) is 8.20. The van der Waals surface area contributed by atoms with Crippen LogP contribution in [-0.2, 0) is 12.4 Å². The Kier molecular flexibility index (Phi) is 3.91. The van der Waals surface area contributed by atoms with Crippen molar-refractivity contribution in [2.75, 3.05) is 7.11 Å². The lowest BCUT2D eigenvalue weighted by atomic mass is 10.2. The second-order valence-corrected chi connectivity index (χ2v) is 6.66. The largest absolute Gasteiger partial charge is 0.497 e. The second-order valence-electron chi connectivity index (χ2n) is 5.05. The Labute approximate surface area is 133 Å². The Morgan fingerprint density at radius 1 is 1.29 bits per heavy atom. The van der Waals surface area contributed by atoms with Gasteiger partial charge in [-0.2, -0.15) is 0 Å². The smallest absolute Gasteiger partial charge is 0.125 e. The molecule has 110 valence electrons. The van der Waals surface area contributed by atoms with Gasteiger partial charge in [-0.25, -0.2) is 4.98 Å². The van der Waals surface area contributed by atoms with Crippen molar-refractivity contribution in [3.05, 3.63) is 45.4 Å². The summed E-state index contributed by atoms with van der Waals surface area (Å²) in [6.45, 7) is 5.11. The average molecular weight is 321 g/mol. The Hall–Kier alpha value is -1.52. The topological polar surface area (TPSA) is 27.1 Å². The Bertz CT molecular complexity index is 772. The third kappa shape index (κ3) is 2.65. The van der Waals surface area contributed by atoms with Crippen LogP contribution >= 0.6 is 22.9 Å². The van der Waals surface area contributed by atoms with Crippen LogP contribution in [0.3, 0.4) is 0 Å². The molecule has 0 aliphatic carbocycles. The monoisotopic (exact) mass is 320 g/mol. The van der Waals surface area contributed by atoms with Crippen LogP contribution in [0.2, 0.25) is 0 Å². The fourth-order valence-corrected chi connectivity index (χ4v) is 3.69. The minimum atomic E-state index is 0.403. The molecule has 3 nitrogen and oxygen atoms in total. The number of hydrogen-bond acceptors (Lipinski definition) is 3. The number of alkyl halides is 1. The number of thiophene rings is 1. The van der Waals surface area contributed by atoms with Crippen LogP contribution < -0.4 is 4.74 Å². The summed E-state index contributed by atoms with van der Waals surface area (Å²) in [7, 11) is 1.66. The van der Waals surface area contributed by atoms with E-state index in [1.165, 1.54) is 15.3 Å². The molecule has 0 unspecified atom stereocenters. The number of aryl methyl sites for hydroxylation is 2. The van der Waals surface area contributed by atoms with E-state index in [1.807, 2.05) is 29.5 Å². The van der Waals surface area contributed by atoms with E-state index < -0.39 is 0 Å². The van der Waals surface area contributed by atoms with Gasteiger partial charge in [0.15, 0.2) is 0 Å². The van der Waals surface area contributed by atoms with Crippen LogP contribution in [-0.4, -0.2) is 16.7 Å². The van der Waals surface area contributed by atoms with E-state index in [9.17, 15) is 0 Å². The van der Waals surface area contributed by atoms with Crippen LogP contribution in [0.5, 0.6) is 5.75 Å². The molecule has 2 heterocycles. The number of imidazole rings is 1. The lowest BCUT2D eigenvalue weighted by Gasteiger charge is -2.06. The number of methoxy groups -OCH3 is 1. The van der Waals surface area contributed by atoms with Crippen molar-refractivity contribution in [2.45, 2.75) is 26.3 Å². The van der Waals surface area contributed by atoms with Crippen molar-refractivity contribution in [3.8, 4) is 5.75 Å². The first-order chi connectivity index (χ1) is 10.1. The first-order valence-corrected chi connectivity index (χ1v) is 8.12. The van der Waals surface area contributed by atoms with E-state index in [1.54, 1.807) is 7.11 Å². The zero-order chi connectivity index (χ0) is 15.0. The van der Waals surface area contributed by atoms with Gasteiger partial charge in [0.05, 0.1) is 30.6 Å². The molecule has 21 heavy (non-hydrogen) atoms. The molecule has 5 heteroatoms. The first-order valence-electron chi connectivity index (χ1n) is 6.77. The van der Waals surface area contributed by atoms with Crippen molar-refractivity contribution in [1.82, 2.24) is 9.55 Å². The summed E-state index contributed by atoms with van der Waals surface area (Å²) in [6.07, 6.45) is 0. The molecule has 0 fully saturated rings. The molecule has 0 saturated carbocycles. The van der Waals surface area contributed by atoms with E-state index in [2.05, 4.69) is 29.5 Å². The van der Waals surface area contributed by atoms with E-state index >= 15 is 0 Å². The summed E-state index contributed by atoms with van der Waals surface area (Å²) >= 11 is 7.90. The van der Waals surface area contributed by atoms with Gasteiger partial charge in [-0.05, 0) is 37.6 Å². The van der Waals surface area contributed by atoms with Crippen LogP contribution in [0.15, 0.2) is 24.3 Å². The predicted molar refractivity (Wildman–Crippen MR) is 88.7 cm³/mol. The number of fused-ring (bicyclic) bond motifs is 1. The second kappa shape index (κ2) is 5.70. The molecule has 0 radical (unpaired) electrons. The molecule has 0 amide bonds. The molecule has 0 N–H and O–H groups in total. The van der Waals surface area contributed by atoms with Gasteiger partial charge < -0.3 is 9.30 Å². The quantitative estimate of drug-likeness (QED) is 0.661. The summed E-state index contributed by atoms with van der Waals surface area (Å²) in [5, 5.41) is 0. The van der Waals surface area contributed by atoms with E-state index in [0.29, 0.717) is 5.88 Å². The molecule has 1 aromatic carbocycles. The number of benzene rings is 1. The Morgan fingerprint density at radius 2 is 2.10 bits per heavy atom. The maximum absolute atomic E-state index is 6.07. The molecule has 0 spiro atoms. The van der Waals surface area contributed by atoms with E-state index in [0.717, 1.165) is 29.2 Å². The predicted octanol–water partition coefficient (Wildman–Crippen LogP) is 4.51. The molecule has 2 aromatic heterocycles. The average Bonchev–Trinajstić information content (AvgIpc) is 2.99. The zero-order valence-corrected chi connectivity index (χ0v) is 13.9. The van der Waals surface area contributed by atoms with Gasteiger partial charge >= 0.3 is 0 Å². The van der Waals surface area contributed by atoms with E-state index in [4.69, 9.17) is 16.3 Å². The molecule has 3 rings (SSSR count). The van der Waals surface area contributed by atoms with Gasteiger partial charge in [-0.15, -0.1) is 22.9 Å². The van der Waals surface area contributed by atoms with Crippen molar-refractivity contribution >= 4 is 34.0 Å². The summed E-state index contributed by atoms with van der Waals surface area (Å²) in [5.41, 5.74) is 3.36. The highest BCUT2D eigenvalue weighted by atomic mass is 35.5. The number of aromatic nitrogens is 2. The Morgan fingerprint density at radius 3 is 2.71 bits per heavy atom. The zero-order valence-electron chi connectivity index (χ0n) is 12.3. The van der Waals surface area contributed by atoms with Crippen molar-refractivity contribution in [2.24, 2.45) is 0 Å². The third-order valence-electron chi connectivity index (χ3n) is 3.68. The fraction of sp³-hybridized carbons (Fsp3) is 0.312. The van der Waals surface area contributed by atoms with Crippen LogP contribution in [0.1, 0.15) is 21.1 Å². The molecule has 0 aliphatic heterocycles. The van der Waals surface area contributed by atoms with Crippen molar-refractivity contribution < 1.29 is 4.74 Å². The maximum Gasteiger partial charge on any atom is 0.125 e. The molecule has 0 bridgehead atoms. The molecule has 0 atom stereocenters. The third-order valence-corrected chi connectivity index (χ3v) is 5.06. The van der Waals surface area contributed by atoms with Crippen LogP contribution in [0, 0.1) is 13.8 Å². The molecular formula is C16H17ClN2OS. The lowest BCUT2D eigenvalue weighted by molar-refractivity contribution is 0.415. The first kappa shape index (κ1) is 14.4. The minimum Gasteiger partial charge on any atom is -0.497 e.